The summed E-state index contributed by atoms with van der Waals surface area (Å²) in [5.74, 6) is -0.00203. The van der Waals surface area contributed by atoms with Crippen molar-refractivity contribution in [1.82, 2.24) is 10.6 Å². The molecule has 1 rings (SSSR count). The fourth-order valence-electron chi connectivity index (χ4n) is 1.92. The van der Waals surface area contributed by atoms with Crippen molar-refractivity contribution in [1.29, 1.82) is 0 Å². The van der Waals surface area contributed by atoms with Crippen LogP contribution >= 0.6 is 0 Å². The highest BCUT2D eigenvalue weighted by Gasteiger charge is 2.18. The van der Waals surface area contributed by atoms with Gasteiger partial charge < -0.3 is 10.6 Å². The van der Waals surface area contributed by atoms with E-state index in [9.17, 15) is 9.59 Å². The van der Waals surface area contributed by atoms with E-state index in [0.29, 0.717) is 18.0 Å². The molecule has 0 saturated heterocycles. The number of hydrogen-bond acceptors (Lipinski definition) is 2. The van der Waals surface area contributed by atoms with Gasteiger partial charge in [-0.15, -0.1) is 0 Å². The number of carbonyl (C=O) groups is 2. The molecular weight excluding hydrogens is 276 g/mol. The smallest absolute Gasteiger partial charge is 0.251 e. The Kier molecular flexibility index (Phi) is 6.15. The van der Waals surface area contributed by atoms with Crippen LogP contribution in [0.3, 0.4) is 0 Å². The average molecular weight is 304 g/mol. The lowest BCUT2D eigenvalue weighted by atomic mass is 9.86. The van der Waals surface area contributed by atoms with E-state index in [1.54, 1.807) is 19.1 Å². The van der Waals surface area contributed by atoms with Gasteiger partial charge in [-0.3, -0.25) is 9.59 Å². The highest BCUT2D eigenvalue weighted by molar-refractivity contribution is 5.97. The molecular formula is C18H28N2O2. The fraction of sp³-hybridized carbons (Fsp3) is 0.556. The number of carbonyl (C=O) groups excluding carboxylic acids is 2. The van der Waals surface area contributed by atoms with Gasteiger partial charge in [-0.25, -0.2) is 0 Å². The molecule has 22 heavy (non-hydrogen) atoms. The Bertz CT molecular complexity index is 513. The first-order chi connectivity index (χ1) is 10.1. The van der Waals surface area contributed by atoms with Gasteiger partial charge in [0.05, 0.1) is 0 Å². The molecule has 1 aromatic carbocycles. The molecule has 0 bridgehead atoms. The van der Waals surface area contributed by atoms with Gasteiger partial charge in [0.25, 0.3) is 5.91 Å². The van der Waals surface area contributed by atoms with E-state index in [0.717, 1.165) is 0 Å². The minimum absolute atomic E-state index is 0.0546. The summed E-state index contributed by atoms with van der Waals surface area (Å²) in [5, 5.41) is 5.54. The Morgan fingerprint density at radius 3 is 2.05 bits per heavy atom. The Morgan fingerprint density at radius 2 is 1.59 bits per heavy atom. The van der Waals surface area contributed by atoms with Crippen molar-refractivity contribution in [3.05, 3.63) is 35.4 Å². The number of nitrogens with one attached hydrogen (secondary N) is 2. The molecule has 2 amide bonds. The molecule has 0 aromatic heterocycles. The Hall–Kier alpha value is -1.84. The third-order valence-corrected chi connectivity index (χ3v) is 3.44. The van der Waals surface area contributed by atoms with E-state index in [4.69, 9.17) is 0 Å². The second-order valence-electron chi connectivity index (χ2n) is 7.16. The van der Waals surface area contributed by atoms with Crippen LogP contribution < -0.4 is 10.6 Å². The van der Waals surface area contributed by atoms with Crippen LogP contribution in [-0.2, 0) is 10.2 Å². The number of amides is 2. The molecule has 1 unspecified atom stereocenters. The Balaban J connectivity index is 2.63. The second kappa shape index (κ2) is 7.43. The van der Waals surface area contributed by atoms with Crippen LogP contribution in [0.15, 0.2) is 24.3 Å². The Morgan fingerprint density at radius 1 is 1.05 bits per heavy atom. The molecule has 4 heteroatoms. The number of rotatable bonds is 5. The van der Waals surface area contributed by atoms with Crippen LogP contribution in [0.5, 0.6) is 0 Å². The summed E-state index contributed by atoms with van der Waals surface area (Å²) < 4.78 is 0. The van der Waals surface area contributed by atoms with Crippen LogP contribution in [0.4, 0.5) is 0 Å². The summed E-state index contributed by atoms with van der Waals surface area (Å²) in [7, 11) is 0. The van der Waals surface area contributed by atoms with Crippen LogP contribution in [0.1, 0.15) is 57.5 Å². The normalized spacial score (nSPS) is 12.9. The zero-order valence-electron chi connectivity index (χ0n) is 14.5. The standard InChI is InChI=1S/C18H28N2O2/c1-12(2)11-19-16(21)13(3)20-17(22)14-7-9-15(10-8-14)18(4,5)6/h7-10,12-13H,11H2,1-6H3,(H,19,21)(H,20,22). The molecule has 0 aliphatic heterocycles. The van der Waals surface area contributed by atoms with E-state index in [2.05, 4.69) is 31.4 Å². The highest BCUT2D eigenvalue weighted by Crippen LogP contribution is 2.22. The summed E-state index contributed by atoms with van der Waals surface area (Å²) >= 11 is 0. The highest BCUT2D eigenvalue weighted by atomic mass is 16.2. The predicted octanol–water partition coefficient (Wildman–Crippen LogP) is 2.87. The first-order valence-electron chi connectivity index (χ1n) is 7.80. The van der Waals surface area contributed by atoms with Crippen LogP contribution in [-0.4, -0.2) is 24.4 Å². The monoisotopic (exact) mass is 304 g/mol. The van der Waals surface area contributed by atoms with E-state index in [-0.39, 0.29) is 17.2 Å². The zero-order valence-corrected chi connectivity index (χ0v) is 14.5. The first kappa shape index (κ1) is 18.2. The molecule has 0 fully saturated rings. The molecule has 0 aliphatic carbocycles. The first-order valence-corrected chi connectivity index (χ1v) is 7.80. The van der Waals surface area contributed by atoms with Gasteiger partial charge in [-0.1, -0.05) is 46.8 Å². The molecule has 0 aliphatic rings. The number of hydrogen-bond donors (Lipinski definition) is 2. The molecule has 4 nitrogen and oxygen atoms in total. The molecule has 0 saturated carbocycles. The lowest BCUT2D eigenvalue weighted by Gasteiger charge is -2.19. The maximum absolute atomic E-state index is 12.2. The topological polar surface area (TPSA) is 58.2 Å². The van der Waals surface area contributed by atoms with Gasteiger partial charge in [0.15, 0.2) is 0 Å². The van der Waals surface area contributed by atoms with Crippen LogP contribution in [0, 0.1) is 5.92 Å². The van der Waals surface area contributed by atoms with Gasteiger partial charge in [0.2, 0.25) is 5.91 Å². The third-order valence-electron chi connectivity index (χ3n) is 3.44. The lowest BCUT2D eigenvalue weighted by Crippen LogP contribution is -2.45. The van der Waals surface area contributed by atoms with Crippen molar-refractivity contribution in [2.45, 2.75) is 53.0 Å². The molecule has 1 aromatic rings. The third kappa shape index (κ3) is 5.51. The summed E-state index contributed by atoms with van der Waals surface area (Å²) in [4.78, 5) is 24.0. The fourth-order valence-corrected chi connectivity index (χ4v) is 1.92. The van der Waals surface area contributed by atoms with Crippen molar-refractivity contribution in [2.24, 2.45) is 5.92 Å². The molecule has 0 heterocycles. The van der Waals surface area contributed by atoms with Crippen molar-refractivity contribution in [2.75, 3.05) is 6.54 Å². The zero-order chi connectivity index (χ0) is 16.9. The summed E-state index contributed by atoms with van der Waals surface area (Å²) in [6.07, 6.45) is 0. The van der Waals surface area contributed by atoms with Crippen molar-refractivity contribution in [3.63, 3.8) is 0 Å². The molecule has 122 valence electrons. The minimum atomic E-state index is -0.548. The van der Waals surface area contributed by atoms with Gasteiger partial charge in [-0.05, 0) is 36.0 Å². The van der Waals surface area contributed by atoms with E-state index < -0.39 is 6.04 Å². The van der Waals surface area contributed by atoms with Crippen molar-refractivity contribution < 1.29 is 9.59 Å². The van der Waals surface area contributed by atoms with E-state index in [1.165, 1.54) is 5.56 Å². The Labute approximate surface area is 133 Å². The summed E-state index contributed by atoms with van der Waals surface area (Å²) in [5.41, 5.74) is 1.79. The van der Waals surface area contributed by atoms with Crippen LogP contribution in [0.2, 0.25) is 0 Å². The minimum Gasteiger partial charge on any atom is -0.354 e. The van der Waals surface area contributed by atoms with Gasteiger partial charge in [-0.2, -0.15) is 0 Å². The van der Waals surface area contributed by atoms with E-state index >= 15 is 0 Å². The average Bonchev–Trinajstić information content (AvgIpc) is 2.43. The van der Waals surface area contributed by atoms with Crippen molar-refractivity contribution >= 4 is 11.8 Å². The number of benzene rings is 1. The summed E-state index contributed by atoms with van der Waals surface area (Å²) in [6.45, 7) is 12.7. The second-order valence-corrected chi connectivity index (χ2v) is 7.16. The molecule has 0 spiro atoms. The molecule has 0 radical (unpaired) electrons. The quantitative estimate of drug-likeness (QED) is 0.879. The predicted molar refractivity (Wildman–Crippen MR) is 89.9 cm³/mol. The summed E-state index contributed by atoms with van der Waals surface area (Å²) in [6, 6.07) is 6.97. The van der Waals surface area contributed by atoms with E-state index in [1.807, 2.05) is 26.0 Å². The van der Waals surface area contributed by atoms with Gasteiger partial charge in [0.1, 0.15) is 6.04 Å². The maximum Gasteiger partial charge on any atom is 0.251 e. The van der Waals surface area contributed by atoms with Crippen molar-refractivity contribution in [3.8, 4) is 0 Å². The largest absolute Gasteiger partial charge is 0.354 e. The van der Waals surface area contributed by atoms with Gasteiger partial charge in [0, 0.05) is 12.1 Å². The van der Waals surface area contributed by atoms with Crippen LogP contribution in [0.25, 0.3) is 0 Å². The lowest BCUT2D eigenvalue weighted by molar-refractivity contribution is -0.122. The molecule has 1 atom stereocenters. The maximum atomic E-state index is 12.2. The van der Waals surface area contributed by atoms with Gasteiger partial charge >= 0.3 is 0 Å². The SMILES string of the molecule is CC(C)CNC(=O)C(C)NC(=O)c1ccc(C(C)(C)C)cc1. The molecule has 2 N–H and O–H groups in total.